The number of aryl methyl sites for hydroxylation is 1. The first kappa shape index (κ1) is 19.8. The van der Waals surface area contributed by atoms with Gasteiger partial charge in [0.05, 0.1) is 20.1 Å². The van der Waals surface area contributed by atoms with Crippen molar-refractivity contribution in [2.24, 2.45) is 0 Å². The third-order valence-corrected chi connectivity index (χ3v) is 5.54. The lowest BCUT2D eigenvalue weighted by Crippen LogP contribution is -2.18. The number of hydrogen-bond acceptors (Lipinski definition) is 6. The summed E-state index contributed by atoms with van der Waals surface area (Å²) in [6.45, 7) is 2.61. The fourth-order valence-electron chi connectivity index (χ4n) is 3.00. The van der Waals surface area contributed by atoms with Crippen LogP contribution in [0.15, 0.2) is 66.0 Å². The molecule has 0 saturated heterocycles. The Morgan fingerprint density at radius 1 is 1.10 bits per heavy atom. The number of hydrogen-bond donors (Lipinski definition) is 1. The van der Waals surface area contributed by atoms with Gasteiger partial charge < -0.3 is 10.1 Å². The fourth-order valence-corrected chi connectivity index (χ4v) is 3.64. The summed E-state index contributed by atoms with van der Waals surface area (Å²) < 4.78 is 6.55. The number of aromatic nitrogens is 3. The normalized spacial score (nSPS) is 10.7. The summed E-state index contributed by atoms with van der Waals surface area (Å²) in [5.74, 6) is 1.57. The van der Waals surface area contributed by atoms with Crippen LogP contribution < -0.4 is 10.1 Å². The maximum Gasteiger partial charge on any atom is 0.254 e. The van der Waals surface area contributed by atoms with E-state index < -0.39 is 0 Å². The van der Waals surface area contributed by atoms with Crippen molar-refractivity contribution >= 4 is 23.2 Å². The van der Waals surface area contributed by atoms with E-state index in [9.17, 15) is 4.79 Å². The van der Waals surface area contributed by atoms with Gasteiger partial charge in [-0.2, -0.15) is 9.67 Å². The number of ether oxygens (including phenoxy) is 1. The summed E-state index contributed by atoms with van der Waals surface area (Å²) in [6.07, 6.45) is 0.217. The number of nitrogens with one attached hydrogen (secondary N) is 1. The number of thiophene rings is 1. The van der Waals surface area contributed by atoms with E-state index in [0.29, 0.717) is 18.3 Å². The van der Waals surface area contributed by atoms with E-state index in [-0.39, 0.29) is 12.3 Å². The minimum Gasteiger partial charge on any atom is -0.497 e. The van der Waals surface area contributed by atoms with Gasteiger partial charge in [-0.1, -0.05) is 48.0 Å². The SMILES string of the molecule is COc1ccc(CC(=O)n2nc(-c3ccc(C)cc3)nc2NCc2cccs2)cc1. The van der Waals surface area contributed by atoms with E-state index in [4.69, 9.17) is 4.74 Å². The number of anilines is 1. The van der Waals surface area contributed by atoms with Crippen molar-refractivity contribution in [3.8, 4) is 17.1 Å². The Bertz CT molecular complexity index is 1120. The molecule has 0 atom stereocenters. The third kappa shape index (κ3) is 4.58. The Morgan fingerprint density at radius 2 is 1.87 bits per heavy atom. The van der Waals surface area contributed by atoms with E-state index in [2.05, 4.69) is 15.4 Å². The molecule has 152 valence electrons. The van der Waals surface area contributed by atoms with Crippen molar-refractivity contribution < 1.29 is 9.53 Å². The zero-order valence-corrected chi connectivity index (χ0v) is 17.6. The third-order valence-electron chi connectivity index (χ3n) is 4.67. The van der Waals surface area contributed by atoms with Gasteiger partial charge in [0.2, 0.25) is 5.95 Å². The molecule has 0 amide bonds. The molecule has 30 heavy (non-hydrogen) atoms. The molecule has 0 unspecified atom stereocenters. The van der Waals surface area contributed by atoms with Crippen molar-refractivity contribution in [1.82, 2.24) is 14.8 Å². The number of benzene rings is 2. The highest BCUT2D eigenvalue weighted by molar-refractivity contribution is 7.09. The zero-order chi connectivity index (χ0) is 20.9. The summed E-state index contributed by atoms with van der Waals surface area (Å²) in [4.78, 5) is 18.8. The van der Waals surface area contributed by atoms with Crippen LogP contribution in [0.4, 0.5) is 5.95 Å². The van der Waals surface area contributed by atoms with Gasteiger partial charge in [-0.05, 0) is 36.1 Å². The predicted octanol–water partition coefficient (Wildman–Crippen LogP) is 4.82. The molecule has 0 bridgehead atoms. The number of rotatable bonds is 7. The Hall–Kier alpha value is -3.45. The molecular formula is C23H22N4O2S. The van der Waals surface area contributed by atoms with Crippen LogP contribution >= 0.6 is 11.3 Å². The van der Waals surface area contributed by atoms with Crippen LogP contribution in [0.1, 0.15) is 20.8 Å². The quantitative estimate of drug-likeness (QED) is 0.466. The monoisotopic (exact) mass is 418 g/mol. The second kappa shape index (κ2) is 8.92. The van der Waals surface area contributed by atoms with Crippen LogP contribution in [0, 0.1) is 6.92 Å². The maximum absolute atomic E-state index is 13.0. The maximum atomic E-state index is 13.0. The molecule has 2 heterocycles. The molecule has 0 radical (unpaired) electrons. The van der Waals surface area contributed by atoms with Crippen molar-refractivity contribution in [3.63, 3.8) is 0 Å². The van der Waals surface area contributed by atoms with Gasteiger partial charge >= 0.3 is 0 Å². The highest BCUT2D eigenvalue weighted by Gasteiger charge is 2.18. The number of nitrogens with zero attached hydrogens (tertiary/aromatic N) is 3. The minimum atomic E-state index is -0.153. The molecule has 1 N–H and O–H groups in total. The van der Waals surface area contributed by atoms with Gasteiger partial charge in [-0.25, -0.2) is 0 Å². The average Bonchev–Trinajstić information content (AvgIpc) is 3.43. The summed E-state index contributed by atoms with van der Waals surface area (Å²) in [5, 5.41) is 9.80. The molecule has 0 aliphatic heterocycles. The second-order valence-corrected chi connectivity index (χ2v) is 7.92. The van der Waals surface area contributed by atoms with E-state index in [1.54, 1.807) is 18.4 Å². The summed E-state index contributed by atoms with van der Waals surface area (Å²) in [7, 11) is 1.62. The first-order valence-corrected chi connectivity index (χ1v) is 10.5. The van der Waals surface area contributed by atoms with Gasteiger partial charge in [-0.15, -0.1) is 16.4 Å². The molecule has 0 spiro atoms. The highest BCUT2D eigenvalue weighted by atomic mass is 32.1. The Morgan fingerprint density at radius 3 is 2.53 bits per heavy atom. The van der Waals surface area contributed by atoms with E-state index >= 15 is 0 Å². The molecule has 0 saturated carbocycles. The van der Waals surface area contributed by atoms with Gasteiger partial charge in [0.1, 0.15) is 5.75 Å². The summed E-state index contributed by atoms with van der Waals surface area (Å²) in [5.41, 5.74) is 2.91. The average molecular weight is 419 g/mol. The molecule has 4 rings (SSSR count). The van der Waals surface area contributed by atoms with Gasteiger partial charge in [-0.3, -0.25) is 4.79 Å². The largest absolute Gasteiger partial charge is 0.497 e. The zero-order valence-electron chi connectivity index (χ0n) is 16.8. The molecule has 0 fully saturated rings. The number of methoxy groups -OCH3 is 1. The van der Waals surface area contributed by atoms with E-state index in [1.165, 1.54) is 4.68 Å². The fraction of sp³-hybridized carbons (Fsp3) is 0.174. The molecule has 0 aliphatic rings. The Kier molecular flexibility index (Phi) is 5.90. The molecule has 7 heteroatoms. The molecule has 0 aliphatic carbocycles. The van der Waals surface area contributed by atoms with Crippen LogP contribution in [0.25, 0.3) is 11.4 Å². The van der Waals surface area contributed by atoms with Gasteiger partial charge in [0, 0.05) is 10.4 Å². The van der Waals surface area contributed by atoms with Gasteiger partial charge in [0.15, 0.2) is 5.82 Å². The smallest absolute Gasteiger partial charge is 0.254 e. The predicted molar refractivity (Wildman–Crippen MR) is 119 cm³/mol. The van der Waals surface area contributed by atoms with Crippen LogP contribution in [0.2, 0.25) is 0 Å². The van der Waals surface area contributed by atoms with Crippen molar-refractivity contribution in [2.75, 3.05) is 12.4 Å². The van der Waals surface area contributed by atoms with Crippen LogP contribution in [0.3, 0.4) is 0 Å². The first-order chi connectivity index (χ1) is 14.6. The van der Waals surface area contributed by atoms with E-state index in [0.717, 1.165) is 27.3 Å². The van der Waals surface area contributed by atoms with Crippen molar-refractivity contribution in [1.29, 1.82) is 0 Å². The topological polar surface area (TPSA) is 69.0 Å². The lowest BCUT2D eigenvalue weighted by Gasteiger charge is -2.07. The molecule has 2 aromatic heterocycles. The Balaban J connectivity index is 1.60. The van der Waals surface area contributed by atoms with Crippen molar-refractivity contribution in [3.05, 3.63) is 82.0 Å². The molecule has 4 aromatic rings. The lowest BCUT2D eigenvalue weighted by atomic mass is 10.1. The second-order valence-electron chi connectivity index (χ2n) is 6.89. The lowest BCUT2D eigenvalue weighted by molar-refractivity contribution is 0.0901. The highest BCUT2D eigenvalue weighted by Crippen LogP contribution is 2.20. The van der Waals surface area contributed by atoms with Crippen LogP contribution in [0.5, 0.6) is 5.75 Å². The van der Waals surface area contributed by atoms with Crippen LogP contribution in [-0.2, 0) is 13.0 Å². The molecular weight excluding hydrogens is 396 g/mol. The molecule has 2 aromatic carbocycles. The minimum absolute atomic E-state index is 0.153. The van der Waals surface area contributed by atoms with Gasteiger partial charge in [0.25, 0.3) is 5.91 Å². The molecule has 6 nitrogen and oxygen atoms in total. The summed E-state index contributed by atoms with van der Waals surface area (Å²) >= 11 is 1.65. The summed E-state index contributed by atoms with van der Waals surface area (Å²) in [6, 6.07) is 19.4. The van der Waals surface area contributed by atoms with Crippen LogP contribution in [-0.4, -0.2) is 27.8 Å². The van der Waals surface area contributed by atoms with Crippen molar-refractivity contribution in [2.45, 2.75) is 19.9 Å². The standard InChI is InChI=1S/C23H22N4O2S/c1-16-5-9-18(10-6-16)22-25-23(24-15-20-4-3-13-30-20)27(26-22)21(28)14-17-7-11-19(29-2)12-8-17/h3-13H,14-15H2,1-2H3,(H,24,25,26). The Labute approximate surface area is 179 Å². The number of carbonyl (C=O) groups excluding carboxylic acids is 1. The first-order valence-electron chi connectivity index (χ1n) is 9.59. The number of carbonyl (C=O) groups is 1. The van der Waals surface area contributed by atoms with E-state index in [1.807, 2.05) is 73.0 Å².